The first kappa shape index (κ1) is 18.4. The Morgan fingerprint density at radius 1 is 0.964 bits per heavy atom. The first-order valence-electron chi connectivity index (χ1n) is 9.20. The Balaban J connectivity index is 1.82. The van der Waals surface area contributed by atoms with Crippen molar-refractivity contribution in [3.05, 3.63) is 94.5 Å². The van der Waals surface area contributed by atoms with Crippen LogP contribution in [0.15, 0.2) is 83.3 Å². The molecule has 3 nitrogen and oxygen atoms in total. The molecule has 1 N–H and O–H groups in total. The zero-order valence-electron chi connectivity index (χ0n) is 15.4. The lowest BCUT2D eigenvalue weighted by Crippen LogP contribution is -2.14. The number of nitrogens with zero attached hydrogens (tertiary/aromatic N) is 1. The summed E-state index contributed by atoms with van der Waals surface area (Å²) in [7, 11) is 0. The first-order chi connectivity index (χ1) is 13.7. The van der Waals surface area contributed by atoms with Crippen molar-refractivity contribution in [2.24, 2.45) is 0 Å². The molecule has 0 spiro atoms. The maximum absolute atomic E-state index is 13.2. The molecule has 0 saturated carbocycles. The molecule has 0 unspecified atom stereocenters. The summed E-state index contributed by atoms with van der Waals surface area (Å²) in [5.74, 6) is -0.129. The van der Waals surface area contributed by atoms with Crippen LogP contribution >= 0.6 is 15.9 Å². The van der Waals surface area contributed by atoms with Crippen LogP contribution in [0, 0.1) is 0 Å². The molecule has 0 aliphatic heterocycles. The Bertz CT molecular complexity index is 1170. The van der Waals surface area contributed by atoms with Gasteiger partial charge in [0.05, 0.1) is 16.8 Å². The fourth-order valence-electron chi connectivity index (χ4n) is 3.30. The fourth-order valence-corrected chi connectivity index (χ4v) is 3.70. The summed E-state index contributed by atoms with van der Waals surface area (Å²) in [4.78, 5) is 18.0. The second kappa shape index (κ2) is 7.95. The predicted molar refractivity (Wildman–Crippen MR) is 119 cm³/mol. The highest BCUT2D eigenvalue weighted by atomic mass is 79.9. The van der Waals surface area contributed by atoms with Crippen LogP contribution in [-0.4, -0.2) is 10.9 Å². The maximum Gasteiger partial charge on any atom is 0.256 e. The maximum atomic E-state index is 13.2. The van der Waals surface area contributed by atoms with E-state index >= 15 is 0 Å². The fraction of sp³-hybridized carbons (Fsp3) is 0.0833. The largest absolute Gasteiger partial charge is 0.322 e. The number of aryl methyl sites for hydroxylation is 1. The number of nitrogens with one attached hydrogen (secondary N) is 1. The van der Waals surface area contributed by atoms with Crippen LogP contribution in [0.2, 0.25) is 0 Å². The van der Waals surface area contributed by atoms with Gasteiger partial charge in [-0.05, 0) is 42.3 Å². The van der Waals surface area contributed by atoms with Crippen molar-refractivity contribution in [2.45, 2.75) is 13.3 Å². The number of amides is 1. The number of halogens is 1. The summed E-state index contributed by atoms with van der Waals surface area (Å²) in [6.45, 7) is 2.08. The summed E-state index contributed by atoms with van der Waals surface area (Å²) < 4.78 is 0.975. The topological polar surface area (TPSA) is 42.0 Å². The molecule has 1 heterocycles. The predicted octanol–water partition coefficient (Wildman–Crippen LogP) is 6.48. The number of pyridine rings is 1. The summed E-state index contributed by atoms with van der Waals surface area (Å²) >= 11 is 3.51. The molecule has 0 bridgehead atoms. The molecule has 1 aromatic heterocycles. The van der Waals surface area contributed by atoms with E-state index in [2.05, 4.69) is 28.2 Å². The Morgan fingerprint density at radius 3 is 2.57 bits per heavy atom. The average molecular weight is 431 g/mol. The minimum absolute atomic E-state index is 0.129. The zero-order valence-corrected chi connectivity index (χ0v) is 17.0. The standard InChI is InChI=1S/C24H19BrN2O/c1-2-16-8-3-5-12-21(16)27-24(28)20-15-23(17-9-7-10-18(25)14-17)26-22-13-6-4-11-19(20)22/h3-15H,2H2,1H3,(H,27,28). The van der Waals surface area contributed by atoms with Gasteiger partial charge in [-0.2, -0.15) is 0 Å². The van der Waals surface area contributed by atoms with E-state index in [4.69, 9.17) is 4.98 Å². The third-order valence-electron chi connectivity index (χ3n) is 4.73. The van der Waals surface area contributed by atoms with E-state index in [1.54, 1.807) is 0 Å². The molecule has 4 aromatic rings. The van der Waals surface area contributed by atoms with Gasteiger partial charge in [0.25, 0.3) is 5.91 Å². The zero-order chi connectivity index (χ0) is 19.5. The van der Waals surface area contributed by atoms with Crippen LogP contribution < -0.4 is 5.32 Å². The number of carbonyl (C=O) groups excluding carboxylic acids is 1. The monoisotopic (exact) mass is 430 g/mol. The normalized spacial score (nSPS) is 10.8. The Kier molecular flexibility index (Phi) is 5.22. The molecule has 0 atom stereocenters. The van der Waals surface area contributed by atoms with E-state index in [1.165, 1.54) is 0 Å². The lowest BCUT2D eigenvalue weighted by molar-refractivity contribution is 0.102. The number of rotatable bonds is 4. The van der Waals surface area contributed by atoms with Crippen LogP contribution in [0.3, 0.4) is 0 Å². The van der Waals surface area contributed by atoms with E-state index < -0.39 is 0 Å². The van der Waals surface area contributed by atoms with Crippen molar-refractivity contribution in [3.8, 4) is 11.3 Å². The first-order valence-corrected chi connectivity index (χ1v) is 10.00. The molecule has 0 aliphatic carbocycles. The van der Waals surface area contributed by atoms with Crippen molar-refractivity contribution in [2.75, 3.05) is 5.32 Å². The number of hydrogen-bond acceptors (Lipinski definition) is 2. The molecule has 3 aromatic carbocycles. The number of aromatic nitrogens is 1. The highest BCUT2D eigenvalue weighted by Gasteiger charge is 2.15. The van der Waals surface area contributed by atoms with Gasteiger partial charge in [-0.15, -0.1) is 0 Å². The number of fused-ring (bicyclic) bond motifs is 1. The van der Waals surface area contributed by atoms with Gasteiger partial charge >= 0.3 is 0 Å². The quantitative estimate of drug-likeness (QED) is 0.402. The summed E-state index contributed by atoms with van der Waals surface area (Å²) in [5, 5.41) is 3.92. The van der Waals surface area contributed by atoms with Crippen molar-refractivity contribution in [3.63, 3.8) is 0 Å². The molecule has 28 heavy (non-hydrogen) atoms. The second-order valence-electron chi connectivity index (χ2n) is 6.55. The van der Waals surface area contributed by atoms with Crippen molar-refractivity contribution >= 4 is 38.4 Å². The van der Waals surface area contributed by atoms with Crippen LogP contribution in [-0.2, 0) is 6.42 Å². The minimum Gasteiger partial charge on any atom is -0.322 e. The number of hydrogen-bond donors (Lipinski definition) is 1. The molecule has 0 saturated heterocycles. The summed E-state index contributed by atoms with van der Waals surface area (Å²) in [6.07, 6.45) is 0.858. The lowest BCUT2D eigenvalue weighted by Gasteiger charge is -2.13. The average Bonchev–Trinajstić information content (AvgIpc) is 2.73. The molecule has 0 radical (unpaired) electrons. The molecule has 1 amide bonds. The van der Waals surface area contributed by atoms with Gasteiger partial charge in [0, 0.05) is 21.1 Å². The van der Waals surface area contributed by atoms with Gasteiger partial charge in [-0.25, -0.2) is 4.98 Å². The molecule has 0 fully saturated rings. The van der Waals surface area contributed by atoms with Crippen molar-refractivity contribution in [1.82, 2.24) is 4.98 Å². The van der Waals surface area contributed by atoms with Crippen LogP contribution in [0.1, 0.15) is 22.8 Å². The van der Waals surface area contributed by atoms with Crippen molar-refractivity contribution < 1.29 is 4.79 Å². The van der Waals surface area contributed by atoms with Crippen LogP contribution in [0.25, 0.3) is 22.2 Å². The smallest absolute Gasteiger partial charge is 0.256 e. The Labute approximate surface area is 172 Å². The van der Waals surface area contributed by atoms with Gasteiger partial charge in [0.15, 0.2) is 0 Å². The van der Waals surface area contributed by atoms with Crippen LogP contribution in [0.4, 0.5) is 5.69 Å². The van der Waals surface area contributed by atoms with E-state index in [1.807, 2.05) is 78.9 Å². The van der Waals surface area contributed by atoms with E-state index in [9.17, 15) is 4.79 Å². The van der Waals surface area contributed by atoms with Gasteiger partial charge < -0.3 is 5.32 Å². The molecule has 4 rings (SSSR count). The third-order valence-corrected chi connectivity index (χ3v) is 5.22. The van der Waals surface area contributed by atoms with Gasteiger partial charge in [-0.1, -0.05) is 71.4 Å². The van der Waals surface area contributed by atoms with Crippen LogP contribution in [0.5, 0.6) is 0 Å². The third kappa shape index (κ3) is 3.69. The van der Waals surface area contributed by atoms with E-state index in [0.717, 1.165) is 44.3 Å². The highest BCUT2D eigenvalue weighted by Crippen LogP contribution is 2.27. The highest BCUT2D eigenvalue weighted by molar-refractivity contribution is 9.10. The number of carbonyl (C=O) groups is 1. The minimum atomic E-state index is -0.129. The number of anilines is 1. The summed E-state index contributed by atoms with van der Waals surface area (Å²) in [6, 6.07) is 25.5. The SMILES string of the molecule is CCc1ccccc1NC(=O)c1cc(-c2cccc(Br)c2)nc2ccccc12. The Hall–Kier alpha value is -2.98. The summed E-state index contributed by atoms with van der Waals surface area (Å²) in [5.41, 5.74) is 5.11. The van der Waals surface area contributed by atoms with Gasteiger partial charge in [-0.3, -0.25) is 4.79 Å². The lowest BCUT2D eigenvalue weighted by atomic mass is 10.0. The number of benzene rings is 3. The molecule has 138 valence electrons. The van der Waals surface area contributed by atoms with Gasteiger partial charge in [0.1, 0.15) is 0 Å². The van der Waals surface area contributed by atoms with Gasteiger partial charge in [0.2, 0.25) is 0 Å². The van der Waals surface area contributed by atoms with E-state index in [0.29, 0.717) is 5.56 Å². The Morgan fingerprint density at radius 2 is 1.75 bits per heavy atom. The van der Waals surface area contributed by atoms with Crippen molar-refractivity contribution in [1.29, 1.82) is 0 Å². The molecule has 4 heteroatoms. The number of para-hydroxylation sites is 2. The van der Waals surface area contributed by atoms with E-state index in [-0.39, 0.29) is 5.91 Å². The second-order valence-corrected chi connectivity index (χ2v) is 7.46. The molecular weight excluding hydrogens is 412 g/mol. The molecule has 0 aliphatic rings. The molecular formula is C24H19BrN2O.